The maximum atomic E-state index is 12.9. The lowest BCUT2D eigenvalue weighted by Gasteiger charge is -2.23. The van der Waals surface area contributed by atoms with Gasteiger partial charge in [0.15, 0.2) is 0 Å². The number of ether oxygens (including phenoxy) is 2. The molecule has 3 heterocycles. The standard InChI is InChI=1S/C22H30N2O4/c1-15-2-4-16(5-3-15)12-20(25)24-14-18(21-19(24)8-11-28-21)22(26)23-13-17-6-9-27-10-7-17/h2-5,17-19,21H,6-14H2,1H3,(H,23,26)/t18-,19+,21-/m0/s1. The van der Waals surface area contributed by atoms with E-state index in [9.17, 15) is 9.59 Å². The second-order valence-electron chi connectivity index (χ2n) is 8.31. The van der Waals surface area contributed by atoms with Gasteiger partial charge in [-0.05, 0) is 37.7 Å². The van der Waals surface area contributed by atoms with Gasteiger partial charge < -0.3 is 19.7 Å². The molecule has 3 fully saturated rings. The molecule has 0 aromatic heterocycles. The summed E-state index contributed by atoms with van der Waals surface area (Å²) in [7, 11) is 0. The predicted molar refractivity (Wildman–Crippen MR) is 105 cm³/mol. The number of carbonyl (C=O) groups excluding carboxylic acids is 2. The van der Waals surface area contributed by atoms with Gasteiger partial charge in [-0.15, -0.1) is 0 Å². The molecule has 1 aromatic rings. The van der Waals surface area contributed by atoms with Crippen LogP contribution in [-0.4, -0.2) is 61.8 Å². The predicted octanol–water partition coefficient (Wildman–Crippen LogP) is 1.70. The third-order valence-electron chi connectivity index (χ3n) is 6.33. The van der Waals surface area contributed by atoms with E-state index in [1.54, 1.807) is 0 Å². The molecule has 6 nitrogen and oxygen atoms in total. The molecule has 1 aromatic carbocycles. The van der Waals surface area contributed by atoms with Crippen molar-refractivity contribution in [2.24, 2.45) is 11.8 Å². The van der Waals surface area contributed by atoms with Crippen LogP contribution in [0.4, 0.5) is 0 Å². The molecule has 28 heavy (non-hydrogen) atoms. The van der Waals surface area contributed by atoms with Gasteiger partial charge in [0.2, 0.25) is 11.8 Å². The largest absolute Gasteiger partial charge is 0.381 e. The summed E-state index contributed by atoms with van der Waals surface area (Å²) in [5.74, 6) is 0.325. The number of amides is 2. The molecular weight excluding hydrogens is 356 g/mol. The highest BCUT2D eigenvalue weighted by Gasteiger charge is 2.50. The number of nitrogens with one attached hydrogen (secondary N) is 1. The van der Waals surface area contributed by atoms with E-state index in [1.807, 2.05) is 36.1 Å². The number of hydrogen-bond acceptors (Lipinski definition) is 4. The van der Waals surface area contributed by atoms with E-state index in [4.69, 9.17) is 9.47 Å². The summed E-state index contributed by atoms with van der Waals surface area (Å²) in [6.45, 7) is 5.36. The highest BCUT2D eigenvalue weighted by atomic mass is 16.5. The third kappa shape index (κ3) is 4.23. The molecule has 3 aliphatic rings. The molecule has 0 saturated carbocycles. The Hall–Kier alpha value is -1.92. The van der Waals surface area contributed by atoms with Crippen LogP contribution >= 0.6 is 0 Å². The van der Waals surface area contributed by atoms with E-state index in [0.29, 0.717) is 32.0 Å². The van der Waals surface area contributed by atoms with Crippen LogP contribution in [0.25, 0.3) is 0 Å². The van der Waals surface area contributed by atoms with Gasteiger partial charge in [-0.25, -0.2) is 0 Å². The summed E-state index contributed by atoms with van der Waals surface area (Å²) in [4.78, 5) is 27.7. The Kier molecular flexibility index (Phi) is 5.97. The fraction of sp³-hybridized carbons (Fsp3) is 0.636. The molecule has 0 unspecified atom stereocenters. The molecule has 3 saturated heterocycles. The lowest BCUT2D eigenvalue weighted by molar-refractivity contribution is -0.131. The monoisotopic (exact) mass is 386 g/mol. The number of carbonyl (C=O) groups is 2. The maximum Gasteiger partial charge on any atom is 0.227 e. The Morgan fingerprint density at radius 3 is 2.61 bits per heavy atom. The lowest BCUT2D eigenvalue weighted by atomic mass is 9.98. The second kappa shape index (κ2) is 8.62. The molecule has 0 bridgehead atoms. The van der Waals surface area contributed by atoms with Crippen LogP contribution in [0.1, 0.15) is 30.4 Å². The van der Waals surface area contributed by atoms with Crippen molar-refractivity contribution in [1.82, 2.24) is 10.2 Å². The first kappa shape index (κ1) is 19.4. The molecule has 0 spiro atoms. The SMILES string of the molecule is Cc1ccc(CC(=O)N2C[C@H](C(=O)NCC3CCOCC3)[C@@H]3OCC[C@H]32)cc1. The van der Waals surface area contributed by atoms with E-state index < -0.39 is 0 Å². The number of hydrogen-bond donors (Lipinski definition) is 1. The van der Waals surface area contributed by atoms with Gasteiger partial charge >= 0.3 is 0 Å². The van der Waals surface area contributed by atoms with Crippen molar-refractivity contribution < 1.29 is 19.1 Å². The Balaban J connectivity index is 1.36. The summed E-state index contributed by atoms with van der Waals surface area (Å²) in [6, 6.07) is 8.09. The Labute approximate surface area is 166 Å². The van der Waals surface area contributed by atoms with Crippen molar-refractivity contribution in [3.05, 3.63) is 35.4 Å². The van der Waals surface area contributed by atoms with Crippen molar-refractivity contribution >= 4 is 11.8 Å². The number of benzene rings is 1. The number of likely N-dealkylation sites (tertiary alicyclic amines) is 1. The topological polar surface area (TPSA) is 67.9 Å². The summed E-state index contributed by atoms with van der Waals surface area (Å²) in [6.07, 6.45) is 3.01. The Bertz CT molecular complexity index is 699. The second-order valence-corrected chi connectivity index (χ2v) is 8.31. The van der Waals surface area contributed by atoms with Crippen LogP contribution in [0.2, 0.25) is 0 Å². The summed E-state index contributed by atoms with van der Waals surface area (Å²) >= 11 is 0. The number of rotatable bonds is 5. The number of fused-ring (bicyclic) bond motifs is 1. The minimum Gasteiger partial charge on any atom is -0.381 e. The Morgan fingerprint density at radius 1 is 1.11 bits per heavy atom. The molecule has 2 amide bonds. The molecule has 3 atom stereocenters. The zero-order chi connectivity index (χ0) is 19.5. The van der Waals surface area contributed by atoms with Crippen LogP contribution in [0.15, 0.2) is 24.3 Å². The van der Waals surface area contributed by atoms with Crippen LogP contribution in [0.3, 0.4) is 0 Å². The van der Waals surface area contributed by atoms with Gasteiger partial charge in [-0.2, -0.15) is 0 Å². The van der Waals surface area contributed by atoms with Gasteiger partial charge in [0.05, 0.1) is 24.5 Å². The molecule has 3 aliphatic heterocycles. The van der Waals surface area contributed by atoms with Crippen LogP contribution in [-0.2, 0) is 25.5 Å². The van der Waals surface area contributed by atoms with Crippen molar-refractivity contribution in [2.45, 2.75) is 44.8 Å². The Morgan fingerprint density at radius 2 is 1.86 bits per heavy atom. The average molecular weight is 386 g/mol. The fourth-order valence-corrected chi connectivity index (χ4v) is 4.60. The molecule has 1 N–H and O–H groups in total. The van der Waals surface area contributed by atoms with Crippen LogP contribution in [0.5, 0.6) is 0 Å². The van der Waals surface area contributed by atoms with E-state index in [-0.39, 0.29) is 29.9 Å². The zero-order valence-electron chi connectivity index (χ0n) is 16.6. The molecule has 152 valence electrons. The average Bonchev–Trinajstić information content (AvgIpc) is 3.31. The van der Waals surface area contributed by atoms with Gasteiger partial charge in [0.25, 0.3) is 0 Å². The van der Waals surface area contributed by atoms with Crippen molar-refractivity contribution in [3.8, 4) is 0 Å². The quantitative estimate of drug-likeness (QED) is 0.836. The third-order valence-corrected chi connectivity index (χ3v) is 6.33. The lowest BCUT2D eigenvalue weighted by Crippen LogP contribution is -2.40. The highest BCUT2D eigenvalue weighted by Crippen LogP contribution is 2.34. The highest BCUT2D eigenvalue weighted by molar-refractivity contribution is 5.84. The summed E-state index contributed by atoms with van der Waals surface area (Å²) < 4.78 is 11.3. The smallest absolute Gasteiger partial charge is 0.227 e. The van der Waals surface area contributed by atoms with E-state index in [2.05, 4.69) is 5.32 Å². The molecule has 4 rings (SSSR count). The van der Waals surface area contributed by atoms with Gasteiger partial charge in [-0.1, -0.05) is 29.8 Å². The normalized spacial score (nSPS) is 27.6. The van der Waals surface area contributed by atoms with E-state index in [1.165, 1.54) is 5.56 Å². The molecule has 0 aliphatic carbocycles. The first-order chi connectivity index (χ1) is 13.6. The molecule has 0 radical (unpaired) electrons. The molecular formula is C22H30N2O4. The van der Waals surface area contributed by atoms with E-state index in [0.717, 1.165) is 38.0 Å². The van der Waals surface area contributed by atoms with Crippen molar-refractivity contribution in [3.63, 3.8) is 0 Å². The van der Waals surface area contributed by atoms with Crippen molar-refractivity contribution in [2.75, 3.05) is 32.9 Å². The summed E-state index contributed by atoms with van der Waals surface area (Å²) in [5, 5.41) is 3.11. The first-order valence-electron chi connectivity index (χ1n) is 10.4. The number of nitrogens with zero attached hydrogens (tertiary/aromatic N) is 1. The minimum atomic E-state index is -0.269. The van der Waals surface area contributed by atoms with E-state index >= 15 is 0 Å². The van der Waals surface area contributed by atoms with Gasteiger partial charge in [-0.3, -0.25) is 9.59 Å². The summed E-state index contributed by atoms with van der Waals surface area (Å²) in [5.41, 5.74) is 2.20. The minimum absolute atomic E-state index is 0.0222. The number of aryl methyl sites for hydroxylation is 1. The van der Waals surface area contributed by atoms with Crippen LogP contribution in [0, 0.1) is 18.8 Å². The molecule has 6 heteroatoms. The van der Waals surface area contributed by atoms with Crippen LogP contribution < -0.4 is 5.32 Å². The fourth-order valence-electron chi connectivity index (χ4n) is 4.60. The maximum absolute atomic E-state index is 12.9. The first-order valence-corrected chi connectivity index (χ1v) is 10.4. The van der Waals surface area contributed by atoms with Gasteiger partial charge in [0, 0.05) is 32.9 Å². The van der Waals surface area contributed by atoms with Gasteiger partial charge in [0.1, 0.15) is 0 Å². The zero-order valence-corrected chi connectivity index (χ0v) is 16.6. The van der Waals surface area contributed by atoms with Crippen molar-refractivity contribution in [1.29, 1.82) is 0 Å².